The number of nitrogens with one attached hydrogen (secondary N) is 1. The molecule has 8 heteroatoms. The van der Waals surface area contributed by atoms with E-state index < -0.39 is 17.8 Å². The van der Waals surface area contributed by atoms with Gasteiger partial charge in [-0.2, -0.15) is 0 Å². The van der Waals surface area contributed by atoms with Gasteiger partial charge in [-0.3, -0.25) is 14.9 Å². The summed E-state index contributed by atoms with van der Waals surface area (Å²) in [6.45, 7) is 0.0590. The molecule has 1 fully saturated rings. The van der Waals surface area contributed by atoms with Crippen LogP contribution in [0.3, 0.4) is 0 Å². The number of carbonyl (C=O) groups excluding carboxylic acids is 3. The third-order valence-electron chi connectivity index (χ3n) is 5.16. The van der Waals surface area contributed by atoms with E-state index in [1.54, 1.807) is 18.2 Å². The average Bonchev–Trinajstić information content (AvgIpc) is 3.24. The SMILES string of the molecule is COc1ccc2ccccc2c1/C=C1/C(=O)NC(=O)N(c2ccc3c(c2)OCO3)C1=O. The summed E-state index contributed by atoms with van der Waals surface area (Å²) in [5, 5.41) is 3.95. The van der Waals surface area contributed by atoms with Crippen molar-refractivity contribution in [1.82, 2.24) is 5.32 Å². The van der Waals surface area contributed by atoms with E-state index >= 15 is 0 Å². The maximum atomic E-state index is 13.3. The standard InChI is InChI=1S/C23H16N2O6/c1-29-18-8-6-13-4-2-3-5-15(13)16(18)11-17-21(26)24-23(28)25(22(17)27)14-7-9-19-20(10-14)31-12-30-19/h2-11H,12H2,1H3,(H,24,26,28)/b17-11-. The van der Waals surface area contributed by atoms with Crippen molar-refractivity contribution < 1.29 is 28.6 Å². The first-order valence-electron chi connectivity index (χ1n) is 9.43. The molecule has 0 saturated carbocycles. The molecule has 2 aliphatic rings. The predicted octanol–water partition coefficient (Wildman–Crippen LogP) is 3.24. The van der Waals surface area contributed by atoms with Gasteiger partial charge in [0, 0.05) is 11.6 Å². The monoisotopic (exact) mass is 416 g/mol. The van der Waals surface area contributed by atoms with Gasteiger partial charge in [0.15, 0.2) is 11.5 Å². The molecule has 0 aromatic heterocycles. The lowest BCUT2D eigenvalue weighted by Gasteiger charge is -2.26. The van der Waals surface area contributed by atoms with Gasteiger partial charge in [0.2, 0.25) is 6.79 Å². The first kappa shape index (κ1) is 18.7. The molecule has 3 aromatic carbocycles. The molecular weight excluding hydrogens is 400 g/mol. The van der Waals surface area contributed by atoms with Crippen LogP contribution >= 0.6 is 0 Å². The van der Waals surface area contributed by atoms with Gasteiger partial charge < -0.3 is 14.2 Å². The topological polar surface area (TPSA) is 94.2 Å². The van der Waals surface area contributed by atoms with Crippen molar-refractivity contribution in [2.24, 2.45) is 0 Å². The average molecular weight is 416 g/mol. The van der Waals surface area contributed by atoms with E-state index in [4.69, 9.17) is 14.2 Å². The van der Waals surface area contributed by atoms with Gasteiger partial charge in [-0.05, 0) is 35.0 Å². The minimum absolute atomic E-state index is 0.0590. The summed E-state index contributed by atoms with van der Waals surface area (Å²) in [6, 6.07) is 15.0. The molecule has 0 atom stereocenters. The third-order valence-corrected chi connectivity index (χ3v) is 5.16. The molecule has 0 radical (unpaired) electrons. The Morgan fingerprint density at radius 1 is 1.00 bits per heavy atom. The highest BCUT2D eigenvalue weighted by molar-refractivity contribution is 6.39. The van der Waals surface area contributed by atoms with E-state index in [0.29, 0.717) is 22.8 Å². The molecule has 0 unspecified atom stereocenters. The number of anilines is 1. The largest absolute Gasteiger partial charge is 0.496 e. The number of rotatable bonds is 3. The van der Waals surface area contributed by atoms with Crippen molar-refractivity contribution >= 4 is 40.4 Å². The van der Waals surface area contributed by atoms with Crippen LogP contribution in [0.25, 0.3) is 16.8 Å². The zero-order valence-electron chi connectivity index (χ0n) is 16.4. The number of fused-ring (bicyclic) bond motifs is 2. The van der Waals surface area contributed by atoms with E-state index in [2.05, 4.69) is 5.32 Å². The molecule has 0 bridgehead atoms. The highest BCUT2D eigenvalue weighted by Crippen LogP contribution is 2.37. The molecule has 8 nitrogen and oxygen atoms in total. The molecule has 5 rings (SSSR count). The second-order valence-corrected chi connectivity index (χ2v) is 6.90. The molecule has 3 aromatic rings. The summed E-state index contributed by atoms with van der Waals surface area (Å²) < 4.78 is 16.1. The Bertz CT molecular complexity index is 1300. The molecule has 0 spiro atoms. The van der Waals surface area contributed by atoms with E-state index in [9.17, 15) is 14.4 Å². The molecule has 31 heavy (non-hydrogen) atoms. The van der Waals surface area contributed by atoms with Gasteiger partial charge in [-0.25, -0.2) is 9.69 Å². The minimum atomic E-state index is -0.837. The molecule has 0 aliphatic carbocycles. The third kappa shape index (κ3) is 3.05. The summed E-state index contributed by atoms with van der Waals surface area (Å²) in [6.07, 6.45) is 1.45. The molecular formula is C23H16N2O6. The maximum absolute atomic E-state index is 13.3. The summed E-state index contributed by atoms with van der Waals surface area (Å²) in [7, 11) is 1.51. The Morgan fingerprint density at radius 2 is 1.81 bits per heavy atom. The lowest BCUT2D eigenvalue weighted by Crippen LogP contribution is -2.54. The highest BCUT2D eigenvalue weighted by Gasteiger charge is 2.37. The number of amides is 4. The van der Waals surface area contributed by atoms with Gasteiger partial charge in [0.05, 0.1) is 12.8 Å². The summed E-state index contributed by atoms with van der Waals surface area (Å²) in [4.78, 5) is 39.2. The van der Waals surface area contributed by atoms with Crippen LogP contribution < -0.4 is 24.4 Å². The molecule has 2 aliphatic heterocycles. The highest BCUT2D eigenvalue weighted by atomic mass is 16.7. The summed E-state index contributed by atoms with van der Waals surface area (Å²) in [5.74, 6) is -0.0971. The number of nitrogens with zero attached hydrogens (tertiary/aromatic N) is 1. The number of methoxy groups -OCH3 is 1. The lowest BCUT2D eigenvalue weighted by atomic mass is 9.99. The van der Waals surface area contributed by atoms with Gasteiger partial charge in [-0.15, -0.1) is 0 Å². The van der Waals surface area contributed by atoms with Crippen molar-refractivity contribution in [3.8, 4) is 17.2 Å². The fourth-order valence-corrected chi connectivity index (χ4v) is 3.66. The van der Waals surface area contributed by atoms with Crippen LogP contribution in [0.2, 0.25) is 0 Å². The minimum Gasteiger partial charge on any atom is -0.496 e. The van der Waals surface area contributed by atoms with Crippen LogP contribution in [0.4, 0.5) is 10.5 Å². The molecule has 2 heterocycles. The van der Waals surface area contributed by atoms with Crippen molar-refractivity contribution in [3.63, 3.8) is 0 Å². The molecule has 1 N–H and O–H groups in total. The Hall–Kier alpha value is -4.33. The van der Waals surface area contributed by atoms with Crippen molar-refractivity contribution in [2.75, 3.05) is 18.8 Å². The Morgan fingerprint density at radius 3 is 2.65 bits per heavy atom. The Balaban J connectivity index is 1.62. The van der Waals surface area contributed by atoms with Crippen LogP contribution in [-0.2, 0) is 9.59 Å². The zero-order valence-corrected chi connectivity index (χ0v) is 16.4. The van der Waals surface area contributed by atoms with Gasteiger partial charge in [0.1, 0.15) is 11.3 Å². The fraction of sp³-hybridized carbons (Fsp3) is 0.0870. The van der Waals surface area contributed by atoms with Crippen molar-refractivity contribution in [2.45, 2.75) is 0 Å². The number of barbiturate groups is 1. The van der Waals surface area contributed by atoms with Gasteiger partial charge in [-0.1, -0.05) is 30.3 Å². The second kappa shape index (κ2) is 7.17. The van der Waals surface area contributed by atoms with Crippen LogP contribution in [0.15, 0.2) is 60.2 Å². The number of carbonyl (C=O) groups is 3. The Labute approximate surface area is 176 Å². The number of imide groups is 2. The van der Waals surface area contributed by atoms with Gasteiger partial charge in [0.25, 0.3) is 11.8 Å². The number of benzene rings is 3. The molecule has 154 valence electrons. The summed E-state index contributed by atoms with van der Waals surface area (Å²) >= 11 is 0. The number of hydrogen-bond acceptors (Lipinski definition) is 6. The lowest BCUT2D eigenvalue weighted by molar-refractivity contribution is -0.122. The first-order valence-corrected chi connectivity index (χ1v) is 9.43. The predicted molar refractivity (Wildman–Crippen MR) is 112 cm³/mol. The van der Waals surface area contributed by atoms with Crippen molar-refractivity contribution in [3.05, 3.63) is 65.7 Å². The van der Waals surface area contributed by atoms with Crippen molar-refractivity contribution in [1.29, 1.82) is 0 Å². The van der Waals surface area contributed by atoms with Gasteiger partial charge >= 0.3 is 6.03 Å². The van der Waals surface area contributed by atoms with Crippen LogP contribution in [-0.4, -0.2) is 31.7 Å². The first-order chi connectivity index (χ1) is 15.1. The Kier molecular flexibility index (Phi) is 4.32. The van der Waals surface area contributed by atoms with E-state index in [-0.39, 0.29) is 18.1 Å². The van der Waals surface area contributed by atoms with Crippen LogP contribution in [0.1, 0.15) is 5.56 Å². The fourth-order valence-electron chi connectivity index (χ4n) is 3.66. The van der Waals surface area contributed by atoms with E-state index in [0.717, 1.165) is 15.7 Å². The maximum Gasteiger partial charge on any atom is 0.335 e. The normalized spacial score (nSPS) is 16.7. The van der Waals surface area contributed by atoms with Crippen LogP contribution in [0, 0.1) is 0 Å². The van der Waals surface area contributed by atoms with Crippen LogP contribution in [0.5, 0.6) is 17.2 Å². The summed E-state index contributed by atoms with van der Waals surface area (Å²) in [5.41, 5.74) is 0.640. The number of ether oxygens (including phenoxy) is 3. The van der Waals surface area contributed by atoms with E-state index in [1.807, 2.05) is 30.3 Å². The molecule has 4 amide bonds. The second-order valence-electron chi connectivity index (χ2n) is 6.90. The quantitative estimate of drug-likeness (QED) is 0.520. The zero-order chi connectivity index (χ0) is 21.5. The smallest absolute Gasteiger partial charge is 0.335 e. The number of urea groups is 1. The number of hydrogen-bond donors (Lipinski definition) is 1. The molecule has 1 saturated heterocycles. The van der Waals surface area contributed by atoms with E-state index in [1.165, 1.54) is 19.3 Å².